The minimum Gasteiger partial charge on any atom is -0.391 e. The molecule has 0 heterocycles. The van der Waals surface area contributed by atoms with Crippen molar-refractivity contribution in [1.29, 1.82) is 0 Å². The van der Waals surface area contributed by atoms with Crippen molar-refractivity contribution >= 4 is 0 Å². The molecule has 2 nitrogen and oxygen atoms in total. The van der Waals surface area contributed by atoms with Crippen molar-refractivity contribution in [2.45, 2.75) is 57.2 Å². The van der Waals surface area contributed by atoms with Crippen LogP contribution in [0.5, 0.6) is 0 Å². The lowest BCUT2D eigenvalue weighted by atomic mass is 9.80. The van der Waals surface area contributed by atoms with Crippen LogP contribution in [-0.2, 0) is 0 Å². The summed E-state index contributed by atoms with van der Waals surface area (Å²) in [4.78, 5) is 0. The van der Waals surface area contributed by atoms with Crippen LogP contribution in [0.1, 0.15) is 44.6 Å². The highest BCUT2D eigenvalue weighted by Crippen LogP contribution is 2.33. The Morgan fingerprint density at radius 2 is 1.88 bits per heavy atom. The molecule has 2 rings (SSSR count). The van der Waals surface area contributed by atoms with Gasteiger partial charge < -0.3 is 10.4 Å². The average molecular weight is 233 g/mol. The van der Waals surface area contributed by atoms with E-state index in [9.17, 15) is 5.11 Å². The molecule has 0 spiro atoms. The normalized spacial score (nSPS) is 29.5. The van der Waals surface area contributed by atoms with E-state index in [0.717, 1.165) is 12.8 Å². The molecule has 0 bridgehead atoms. The fourth-order valence-electron chi connectivity index (χ4n) is 2.80. The van der Waals surface area contributed by atoms with Crippen LogP contribution in [0, 0.1) is 0 Å². The molecule has 0 aliphatic heterocycles. The molecular weight excluding hydrogens is 210 g/mol. The summed E-state index contributed by atoms with van der Waals surface area (Å²) in [6.07, 6.45) is 2.91. The lowest BCUT2D eigenvalue weighted by Gasteiger charge is -2.35. The Bertz CT molecular complexity index is 336. The maximum atomic E-state index is 10.2. The summed E-state index contributed by atoms with van der Waals surface area (Å²) in [5, 5.41) is 13.6. The minimum absolute atomic E-state index is 0.212. The molecule has 3 unspecified atom stereocenters. The first-order valence-corrected chi connectivity index (χ1v) is 6.66. The molecule has 0 saturated heterocycles. The molecule has 1 aliphatic carbocycles. The zero-order chi connectivity index (χ0) is 12.3. The maximum absolute atomic E-state index is 10.2. The van der Waals surface area contributed by atoms with Crippen molar-refractivity contribution in [3.63, 3.8) is 0 Å². The Kier molecular flexibility index (Phi) is 4.19. The highest BCUT2D eigenvalue weighted by molar-refractivity contribution is 5.20. The minimum atomic E-state index is -0.212. The Morgan fingerprint density at radius 3 is 2.47 bits per heavy atom. The molecule has 1 aromatic carbocycles. The van der Waals surface area contributed by atoms with Crippen molar-refractivity contribution < 1.29 is 5.11 Å². The quantitative estimate of drug-likeness (QED) is 0.841. The van der Waals surface area contributed by atoms with E-state index in [1.54, 1.807) is 0 Å². The second-order valence-corrected chi connectivity index (χ2v) is 5.42. The van der Waals surface area contributed by atoms with Crippen molar-refractivity contribution in [3.8, 4) is 0 Å². The van der Waals surface area contributed by atoms with Gasteiger partial charge in [-0.05, 0) is 30.7 Å². The van der Waals surface area contributed by atoms with Crippen LogP contribution in [0.3, 0.4) is 0 Å². The first kappa shape index (κ1) is 12.6. The number of nitrogens with one attached hydrogen (secondary N) is 1. The summed E-state index contributed by atoms with van der Waals surface area (Å²) in [5.74, 6) is 0.524. The number of hydrogen-bond donors (Lipinski definition) is 2. The molecule has 2 N–H and O–H groups in total. The summed E-state index contributed by atoms with van der Waals surface area (Å²) >= 11 is 0. The number of hydrogen-bond acceptors (Lipinski definition) is 2. The molecule has 0 aromatic heterocycles. The van der Waals surface area contributed by atoms with E-state index in [4.69, 9.17) is 0 Å². The van der Waals surface area contributed by atoms with Crippen LogP contribution in [0.4, 0.5) is 0 Å². The van der Waals surface area contributed by atoms with Gasteiger partial charge in [0.05, 0.1) is 6.10 Å². The Labute approximate surface area is 104 Å². The van der Waals surface area contributed by atoms with Crippen LogP contribution < -0.4 is 5.32 Å². The summed E-state index contributed by atoms with van der Waals surface area (Å²) in [6.45, 7) is 4.27. The van der Waals surface area contributed by atoms with Crippen molar-refractivity contribution in [2.24, 2.45) is 0 Å². The topological polar surface area (TPSA) is 32.3 Å². The standard InChI is InChI=1S/C15H23NO/c1-11(2)16-14-9-8-13(10-15(14)17)12-6-4-3-5-7-12/h3-7,11,13-17H,8-10H2,1-2H3. The third-order valence-corrected chi connectivity index (χ3v) is 3.63. The van der Waals surface area contributed by atoms with Crippen LogP contribution in [-0.4, -0.2) is 23.3 Å². The number of aliphatic hydroxyl groups is 1. The first-order chi connectivity index (χ1) is 8.16. The average Bonchev–Trinajstić information content (AvgIpc) is 2.32. The van der Waals surface area contributed by atoms with Crippen LogP contribution >= 0.6 is 0 Å². The van der Waals surface area contributed by atoms with E-state index in [-0.39, 0.29) is 12.1 Å². The number of aliphatic hydroxyl groups excluding tert-OH is 1. The molecule has 1 aromatic rings. The predicted octanol–water partition coefficient (Wildman–Crippen LogP) is 2.68. The van der Waals surface area contributed by atoms with E-state index < -0.39 is 0 Å². The summed E-state index contributed by atoms with van der Waals surface area (Å²) in [7, 11) is 0. The summed E-state index contributed by atoms with van der Waals surface area (Å²) in [6, 6.07) is 11.3. The molecule has 94 valence electrons. The molecule has 0 amide bonds. The number of benzene rings is 1. The first-order valence-electron chi connectivity index (χ1n) is 6.66. The molecule has 1 aliphatic rings. The van der Waals surface area contributed by atoms with Crippen molar-refractivity contribution in [1.82, 2.24) is 5.32 Å². The van der Waals surface area contributed by atoms with Gasteiger partial charge in [-0.3, -0.25) is 0 Å². The van der Waals surface area contributed by atoms with Gasteiger partial charge in [-0.25, -0.2) is 0 Å². The largest absolute Gasteiger partial charge is 0.391 e. The Morgan fingerprint density at radius 1 is 1.18 bits per heavy atom. The van der Waals surface area contributed by atoms with Crippen molar-refractivity contribution in [2.75, 3.05) is 0 Å². The third-order valence-electron chi connectivity index (χ3n) is 3.63. The summed E-state index contributed by atoms with van der Waals surface area (Å²) < 4.78 is 0. The van der Waals surface area contributed by atoms with E-state index in [1.807, 2.05) is 6.07 Å². The van der Waals surface area contributed by atoms with E-state index >= 15 is 0 Å². The van der Waals surface area contributed by atoms with Gasteiger partial charge in [0.1, 0.15) is 0 Å². The molecule has 0 radical (unpaired) electrons. The zero-order valence-electron chi connectivity index (χ0n) is 10.8. The van der Waals surface area contributed by atoms with Crippen LogP contribution in [0.25, 0.3) is 0 Å². The summed E-state index contributed by atoms with van der Waals surface area (Å²) in [5.41, 5.74) is 1.37. The predicted molar refractivity (Wildman–Crippen MR) is 71.1 cm³/mol. The molecule has 2 heteroatoms. The third kappa shape index (κ3) is 3.30. The zero-order valence-corrected chi connectivity index (χ0v) is 10.8. The molecule has 1 saturated carbocycles. The maximum Gasteiger partial charge on any atom is 0.0699 e. The van der Waals surface area contributed by atoms with Gasteiger partial charge in [-0.15, -0.1) is 0 Å². The van der Waals surface area contributed by atoms with E-state index in [1.165, 1.54) is 12.0 Å². The Balaban J connectivity index is 1.95. The fourth-order valence-corrected chi connectivity index (χ4v) is 2.80. The van der Waals surface area contributed by atoms with Gasteiger partial charge in [0.15, 0.2) is 0 Å². The van der Waals surface area contributed by atoms with Gasteiger partial charge in [0.2, 0.25) is 0 Å². The SMILES string of the molecule is CC(C)NC1CCC(c2ccccc2)CC1O. The number of rotatable bonds is 3. The Hall–Kier alpha value is -0.860. The lowest BCUT2D eigenvalue weighted by molar-refractivity contribution is 0.0776. The lowest BCUT2D eigenvalue weighted by Crippen LogP contribution is -2.46. The highest BCUT2D eigenvalue weighted by Gasteiger charge is 2.29. The highest BCUT2D eigenvalue weighted by atomic mass is 16.3. The van der Waals surface area contributed by atoms with Gasteiger partial charge >= 0.3 is 0 Å². The second kappa shape index (κ2) is 5.65. The van der Waals surface area contributed by atoms with E-state index in [2.05, 4.69) is 43.4 Å². The van der Waals surface area contributed by atoms with Gasteiger partial charge in [-0.1, -0.05) is 44.2 Å². The van der Waals surface area contributed by atoms with Crippen molar-refractivity contribution in [3.05, 3.63) is 35.9 Å². The van der Waals surface area contributed by atoms with Gasteiger partial charge in [-0.2, -0.15) is 0 Å². The molecule has 17 heavy (non-hydrogen) atoms. The smallest absolute Gasteiger partial charge is 0.0699 e. The van der Waals surface area contributed by atoms with Crippen LogP contribution in [0.2, 0.25) is 0 Å². The monoisotopic (exact) mass is 233 g/mol. The fraction of sp³-hybridized carbons (Fsp3) is 0.600. The van der Waals surface area contributed by atoms with Crippen LogP contribution in [0.15, 0.2) is 30.3 Å². The van der Waals surface area contributed by atoms with Gasteiger partial charge in [0.25, 0.3) is 0 Å². The van der Waals surface area contributed by atoms with E-state index in [0.29, 0.717) is 12.0 Å². The van der Waals surface area contributed by atoms with Gasteiger partial charge in [0, 0.05) is 12.1 Å². The second-order valence-electron chi connectivity index (χ2n) is 5.42. The molecule has 1 fully saturated rings. The molecule has 3 atom stereocenters. The molecular formula is C15H23NO.